The minimum absolute atomic E-state index is 0.0971. The number of rotatable bonds is 3. The topological polar surface area (TPSA) is 76.0 Å². The predicted molar refractivity (Wildman–Crippen MR) is 89.2 cm³/mol. The molecule has 1 aromatic heterocycles. The lowest BCUT2D eigenvalue weighted by molar-refractivity contribution is 0.232. The van der Waals surface area contributed by atoms with Crippen LogP contribution in [0.4, 0.5) is 4.79 Å². The van der Waals surface area contributed by atoms with E-state index in [-0.39, 0.29) is 24.2 Å². The van der Waals surface area contributed by atoms with Crippen molar-refractivity contribution in [2.45, 2.75) is 44.7 Å². The molecule has 6 heteroatoms. The number of hydrogen-bond donors (Lipinski definition) is 2. The highest BCUT2D eigenvalue weighted by molar-refractivity contribution is 5.77. The van der Waals surface area contributed by atoms with Crippen molar-refractivity contribution in [3.8, 4) is 0 Å². The van der Waals surface area contributed by atoms with E-state index in [9.17, 15) is 9.59 Å². The Kier molecular flexibility index (Phi) is 4.60. The minimum atomic E-state index is -0.195. The van der Waals surface area contributed by atoms with Gasteiger partial charge in [-0.15, -0.1) is 0 Å². The summed E-state index contributed by atoms with van der Waals surface area (Å²) >= 11 is 0. The van der Waals surface area contributed by atoms with Crippen molar-refractivity contribution >= 4 is 16.9 Å². The Morgan fingerprint density at radius 1 is 1.26 bits per heavy atom. The van der Waals surface area contributed by atoms with E-state index in [0.717, 1.165) is 12.8 Å². The maximum Gasteiger partial charge on any atom is 0.315 e. The first-order valence-electron chi connectivity index (χ1n) is 8.14. The van der Waals surface area contributed by atoms with Crippen molar-refractivity contribution in [2.24, 2.45) is 7.05 Å². The molecular formula is C17H22N4O2. The molecule has 0 spiro atoms. The van der Waals surface area contributed by atoms with E-state index in [0.29, 0.717) is 16.7 Å². The van der Waals surface area contributed by atoms with Crippen molar-refractivity contribution in [3.05, 3.63) is 40.4 Å². The van der Waals surface area contributed by atoms with Crippen LogP contribution in [-0.4, -0.2) is 21.6 Å². The molecule has 0 aliphatic heterocycles. The molecular weight excluding hydrogens is 292 g/mol. The summed E-state index contributed by atoms with van der Waals surface area (Å²) < 4.78 is 1.49. The van der Waals surface area contributed by atoms with Crippen LogP contribution >= 0.6 is 0 Å². The molecule has 0 unspecified atom stereocenters. The van der Waals surface area contributed by atoms with Crippen LogP contribution in [0.2, 0.25) is 0 Å². The maximum atomic E-state index is 12.3. The molecule has 0 bridgehead atoms. The Morgan fingerprint density at radius 3 is 2.78 bits per heavy atom. The van der Waals surface area contributed by atoms with Crippen molar-refractivity contribution in [3.63, 3.8) is 0 Å². The van der Waals surface area contributed by atoms with Crippen LogP contribution in [0.3, 0.4) is 0 Å². The van der Waals surface area contributed by atoms with Crippen molar-refractivity contribution in [1.82, 2.24) is 20.2 Å². The average molecular weight is 314 g/mol. The summed E-state index contributed by atoms with van der Waals surface area (Å²) in [6.07, 6.45) is 5.68. The Labute approximate surface area is 134 Å². The number of nitrogens with one attached hydrogen (secondary N) is 2. The molecule has 0 saturated heterocycles. The van der Waals surface area contributed by atoms with Crippen molar-refractivity contribution in [2.75, 3.05) is 0 Å². The Morgan fingerprint density at radius 2 is 2.00 bits per heavy atom. The van der Waals surface area contributed by atoms with Crippen LogP contribution in [0.5, 0.6) is 0 Å². The van der Waals surface area contributed by atoms with Crippen molar-refractivity contribution < 1.29 is 4.79 Å². The third-order valence-corrected chi connectivity index (χ3v) is 4.42. The number of para-hydroxylation sites is 1. The second-order valence-corrected chi connectivity index (χ2v) is 6.07. The van der Waals surface area contributed by atoms with Gasteiger partial charge in [-0.1, -0.05) is 31.4 Å². The highest BCUT2D eigenvalue weighted by atomic mass is 16.2. The molecule has 1 saturated carbocycles. The van der Waals surface area contributed by atoms with Gasteiger partial charge in [0.05, 0.1) is 17.4 Å². The van der Waals surface area contributed by atoms with Gasteiger partial charge in [-0.05, 0) is 25.0 Å². The fourth-order valence-electron chi connectivity index (χ4n) is 3.06. The summed E-state index contributed by atoms with van der Waals surface area (Å²) in [5.41, 5.74) is 0.556. The number of hydrogen-bond acceptors (Lipinski definition) is 3. The molecule has 1 aliphatic carbocycles. The summed E-state index contributed by atoms with van der Waals surface area (Å²) in [6.45, 7) is 0.231. The normalized spacial score (nSPS) is 15.5. The molecule has 1 fully saturated rings. The SMILES string of the molecule is Cn1c(CNC(=O)NC2CCCCC2)nc2ccccc2c1=O. The van der Waals surface area contributed by atoms with Gasteiger partial charge in [-0.3, -0.25) is 9.36 Å². The Bertz CT molecular complexity index is 763. The molecule has 0 radical (unpaired) electrons. The van der Waals surface area contributed by atoms with E-state index >= 15 is 0 Å². The molecule has 2 aromatic rings. The van der Waals surface area contributed by atoms with Gasteiger partial charge in [0, 0.05) is 13.1 Å². The standard InChI is InChI=1S/C17H22N4O2/c1-21-15(20-14-10-6-5-9-13(14)16(21)22)11-18-17(23)19-12-7-3-2-4-8-12/h5-6,9-10,12H,2-4,7-8,11H2,1H3,(H2,18,19,23). The van der Waals surface area contributed by atoms with Gasteiger partial charge >= 0.3 is 6.03 Å². The monoisotopic (exact) mass is 314 g/mol. The molecule has 2 N–H and O–H groups in total. The first-order valence-corrected chi connectivity index (χ1v) is 8.14. The Balaban J connectivity index is 1.68. The van der Waals surface area contributed by atoms with Gasteiger partial charge in [-0.25, -0.2) is 9.78 Å². The summed E-state index contributed by atoms with van der Waals surface area (Å²) in [5, 5.41) is 6.39. The highest BCUT2D eigenvalue weighted by Gasteiger charge is 2.16. The predicted octanol–water partition coefficient (Wildman–Crippen LogP) is 2.07. The largest absolute Gasteiger partial charge is 0.335 e. The van der Waals surface area contributed by atoms with Gasteiger partial charge < -0.3 is 10.6 Å². The molecule has 122 valence electrons. The quantitative estimate of drug-likeness (QED) is 0.910. The number of aromatic nitrogens is 2. The summed E-state index contributed by atoms with van der Waals surface area (Å²) in [7, 11) is 1.68. The van der Waals surface area contributed by atoms with Crippen molar-refractivity contribution in [1.29, 1.82) is 0 Å². The number of benzene rings is 1. The van der Waals surface area contributed by atoms with Crippen LogP contribution in [0, 0.1) is 0 Å². The zero-order valence-electron chi connectivity index (χ0n) is 13.3. The van der Waals surface area contributed by atoms with Gasteiger partial charge in [0.15, 0.2) is 0 Å². The molecule has 1 aromatic carbocycles. The van der Waals surface area contributed by atoms with E-state index in [1.54, 1.807) is 13.1 Å². The number of fused-ring (bicyclic) bond motifs is 1. The van der Waals surface area contributed by atoms with E-state index in [4.69, 9.17) is 0 Å². The Hall–Kier alpha value is -2.37. The third kappa shape index (κ3) is 3.52. The molecule has 23 heavy (non-hydrogen) atoms. The lowest BCUT2D eigenvalue weighted by atomic mass is 9.96. The van der Waals surface area contributed by atoms with Gasteiger partial charge in [0.2, 0.25) is 0 Å². The fourth-order valence-corrected chi connectivity index (χ4v) is 3.06. The summed E-state index contributed by atoms with van der Waals surface area (Å²) in [4.78, 5) is 28.8. The van der Waals surface area contributed by atoms with E-state index in [2.05, 4.69) is 15.6 Å². The minimum Gasteiger partial charge on any atom is -0.335 e. The fraction of sp³-hybridized carbons (Fsp3) is 0.471. The highest BCUT2D eigenvalue weighted by Crippen LogP contribution is 2.17. The first-order chi connectivity index (χ1) is 11.1. The lowest BCUT2D eigenvalue weighted by Crippen LogP contribution is -2.43. The number of nitrogens with zero attached hydrogens (tertiary/aromatic N) is 2. The van der Waals surface area contributed by atoms with Gasteiger partial charge in [0.25, 0.3) is 5.56 Å². The van der Waals surface area contributed by atoms with Gasteiger partial charge in [0.1, 0.15) is 5.82 Å². The number of amides is 2. The van der Waals surface area contributed by atoms with Crippen LogP contribution in [0.15, 0.2) is 29.1 Å². The number of urea groups is 1. The van der Waals surface area contributed by atoms with E-state index in [1.807, 2.05) is 18.2 Å². The van der Waals surface area contributed by atoms with Crippen LogP contribution in [0.1, 0.15) is 37.9 Å². The van der Waals surface area contributed by atoms with Gasteiger partial charge in [-0.2, -0.15) is 0 Å². The smallest absolute Gasteiger partial charge is 0.315 e. The zero-order chi connectivity index (χ0) is 16.2. The van der Waals surface area contributed by atoms with E-state index in [1.165, 1.54) is 23.8 Å². The average Bonchev–Trinajstić information content (AvgIpc) is 2.58. The van der Waals surface area contributed by atoms with E-state index < -0.39 is 0 Å². The lowest BCUT2D eigenvalue weighted by Gasteiger charge is -2.22. The molecule has 2 amide bonds. The number of carbonyl (C=O) groups is 1. The molecule has 0 atom stereocenters. The second kappa shape index (κ2) is 6.81. The summed E-state index contributed by atoms with van der Waals surface area (Å²) in [6, 6.07) is 7.30. The summed E-state index contributed by atoms with van der Waals surface area (Å²) in [5.74, 6) is 0.549. The van der Waals surface area contributed by atoms with Crippen LogP contribution < -0.4 is 16.2 Å². The third-order valence-electron chi connectivity index (χ3n) is 4.42. The molecule has 1 aliphatic rings. The molecule has 1 heterocycles. The number of carbonyl (C=O) groups excluding carboxylic acids is 1. The zero-order valence-corrected chi connectivity index (χ0v) is 13.3. The first kappa shape index (κ1) is 15.5. The van der Waals surface area contributed by atoms with Crippen LogP contribution in [0.25, 0.3) is 10.9 Å². The molecule has 6 nitrogen and oxygen atoms in total. The second-order valence-electron chi connectivity index (χ2n) is 6.07. The maximum absolute atomic E-state index is 12.3. The molecule has 3 rings (SSSR count). The van der Waals surface area contributed by atoms with Crippen LogP contribution in [-0.2, 0) is 13.6 Å².